The summed E-state index contributed by atoms with van der Waals surface area (Å²) in [5, 5.41) is 28.3. The molecule has 0 saturated carbocycles. The molecular formula is C29H18F3N5O3. The highest BCUT2D eigenvalue weighted by Crippen LogP contribution is 2.30. The lowest BCUT2D eigenvalue weighted by atomic mass is 10.1. The van der Waals surface area contributed by atoms with Gasteiger partial charge in [0.1, 0.15) is 5.82 Å². The molecule has 1 amide bonds. The number of anilines is 2. The van der Waals surface area contributed by atoms with E-state index < -0.39 is 23.3 Å². The number of hydrogen-bond acceptors (Lipinski definition) is 7. The number of carbonyl (C=O) groups excluding carboxylic acids is 1. The summed E-state index contributed by atoms with van der Waals surface area (Å²) in [6, 6.07) is 20.7. The van der Waals surface area contributed by atoms with Gasteiger partial charge in [-0.1, -0.05) is 29.4 Å². The van der Waals surface area contributed by atoms with Gasteiger partial charge in [-0.2, -0.15) is 10.2 Å². The second-order valence-corrected chi connectivity index (χ2v) is 8.60. The molecular weight excluding hydrogens is 523 g/mol. The minimum atomic E-state index is -1.18. The molecule has 3 N–H and O–H groups in total. The van der Waals surface area contributed by atoms with E-state index >= 15 is 0 Å². The van der Waals surface area contributed by atoms with Crippen LogP contribution in [0.15, 0.2) is 83.4 Å². The van der Waals surface area contributed by atoms with E-state index in [2.05, 4.69) is 20.8 Å². The minimum Gasteiger partial charge on any atom is -0.503 e. The molecule has 1 aromatic heterocycles. The number of carbonyl (C=O) groups is 1. The SMILES string of the molecule is N#Cc1cccc(NC(=O)c2ccc(-c3noc(-c4cc(F)c(O)c(F)c4)n3)cc2NCc2ccc(F)cc2)c1. The van der Waals surface area contributed by atoms with Crippen molar-refractivity contribution in [2.75, 3.05) is 10.6 Å². The molecule has 0 aliphatic heterocycles. The van der Waals surface area contributed by atoms with E-state index in [9.17, 15) is 23.1 Å². The molecule has 0 bridgehead atoms. The Morgan fingerprint density at radius 1 is 0.950 bits per heavy atom. The molecule has 0 radical (unpaired) electrons. The summed E-state index contributed by atoms with van der Waals surface area (Å²) in [5.74, 6) is -4.45. The van der Waals surface area contributed by atoms with E-state index in [1.54, 1.807) is 42.5 Å². The first-order valence-corrected chi connectivity index (χ1v) is 11.8. The number of nitrogens with zero attached hydrogens (tertiary/aromatic N) is 3. The van der Waals surface area contributed by atoms with Crippen molar-refractivity contribution in [3.8, 4) is 34.7 Å². The van der Waals surface area contributed by atoms with Crippen molar-refractivity contribution in [1.82, 2.24) is 10.1 Å². The van der Waals surface area contributed by atoms with Crippen LogP contribution in [0.1, 0.15) is 21.5 Å². The summed E-state index contributed by atoms with van der Waals surface area (Å²) in [7, 11) is 0. The Balaban J connectivity index is 1.47. The van der Waals surface area contributed by atoms with Gasteiger partial charge < -0.3 is 20.3 Å². The predicted molar refractivity (Wildman–Crippen MR) is 140 cm³/mol. The third-order valence-corrected chi connectivity index (χ3v) is 5.86. The van der Waals surface area contributed by atoms with Crippen LogP contribution in [-0.4, -0.2) is 21.2 Å². The highest BCUT2D eigenvalue weighted by molar-refractivity contribution is 6.08. The fourth-order valence-corrected chi connectivity index (χ4v) is 3.84. The van der Waals surface area contributed by atoms with Crippen LogP contribution in [0.4, 0.5) is 24.5 Å². The molecule has 0 aliphatic carbocycles. The van der Waals surface area contributed by atoms with Gasteiger partial charge in [-0.05, 0) is 60.2 Å². The maximum absolute atomic E-state index is 13.8. The zero-order valence-electron chi connectivity index (χ0n) is 20.5. The summed E-state index contributed by atoms with van der Waals surface area (Å²) in [4.78, 5) is 17.4. The number of benzene rings is 4. The van der Waals surface area contributed by atoms with Crippen LogP contribution < -0.4 is 10.6 Å². The first-order chi connectivity index (χ1) is 19.3. The lowest BCUT2D eigenvalue weighted by Gasteiger charge is -2.14. The lowest BCUT2D eigenvalue weighted by Crippen LogP contribution is -2.15. The average Bonchev–Trinajstić information content (AvgIpc) is 3.46. The smallest absolute Gasteiger partial charge is 0.258 e. The summed E-state index contributed by atoms with van der Waals surface area (Å²) in [5.41, 5.74) is 2.52. The Morgan fingerprint density at radius 2 is 1.70 bits per heavy atom. The number of aromatic hydroxyl groups is 1. The van der Waals surface area contributed by atoms with Gasteiger partial charge in [0.2, 0.25) is 5.82 Å². The number of rotatable bonds is 7. The minimum absolute atomic E-state index is 0.0717. The molecule has 0 fully saturated rings. The number of phenols is 1. The quantitative estimate of drug-likeness (QED) is 0.222. The monoisotopic (exact) mass is 541 g/mol. The highest BCUT2D eigenvalue weighted by Gasteiger charge is 2.19. The Morgan fingerprint density at radius 3 is 2.42 bits per heavy atom. The van der Waals surface area contributed by atoms with Crippen molar-refractivity contribution in [1.29, 1.82) is 5.26 Å². The van der Waals surface area contributed by atoms with Gasteiger partial charge in [0.25, 0.3) is 11.8 Å². The van der Waals surface area contributed by atoms with E-state index in [1.165, 1.54) is 24.3 Å². The molecule has 0 spiro atoms. The van der Waals surface area contributed by atoms with Crippen molar-refractivity contribution in [3.63, 3.8) is 0 Å². The topological polar surface area (TPSA) is 124 Å². The Kier molecular flexibility index (Phi) is 7.15. The van der Waals surface area contributed by atoms with Crippen LogP contribution in [0.3, 0.4) is 0 Å². The molecule has 1 heterocycles. The molecule has 5 aromatic rings. The summed E-state index contributed by atoms with van der Waals surface area (Å²) < 4.78 is 46.1. The summed E-state index contributed by atoms with van der Waals surface area (Å²) in [6.45, 7) is 0.248. The highest BCUT2D eigenvalue weighted by atomic mass is 19.1. The van der Waals surface area contributed by atoms with Crippen molar-refractivity contribution < 1.29 is 27.6 Å². The normalized spacial score (nSPS) is 10.7. The first-order valence-electron chi connectivity index (χ1n) is 11.8. The largest absolute Gasteiger partial charge is 0.503 e. The fraction of sp³-hybridized carbons (Fsp3) is 0.0345. The molecule has 0 saturated heterocycles. The van der Waals surface area contributed by atoms with Gasteiger partial charge >= 0.3 is 0 Å². The van der Waals surface area contributed by atoms with Crippen LogP contribution in [-0.2, 0) is 6.54 Å². The van der Waals surface area contributed by atoms with Crippen molar-refractivity contribution >= 4 is 17.3 Å². The van der Waals surface area contributed by atoms with Gasteiger partial charge in [-0.15, -0.1) is 0 Å². The molecule has 0 aliphatic rings. The number of aromatic nitrogens is 2. The first kappa shape index (κ1) is 26.0. The molecule has 40 heavy (non-hydrogen) atoms. The molecule has 8 nitrogen and oxygen atoms in total. The second-order valence-electron chi connectivity index (χ2n) is 8.60. The standard InChI is InChI=1S/C29H18F3N5O3/c30-20-7-4-16(5-8-20)15-34-25-13-18(6-9-22(25)28(39)35-21-3-1-2-17(10-21)14-33)27-36-29(40-37-27)19-11-23(31)26(38)24(32)12-19/h1-13,34,38H,15H2,(H,35,39). The number of nitriles is 1. The van der Waals surface area contributed by atoms with Gasteiger partial charge in [0.05, 0.1) is 17.2 Å². The zero-order chi connectivity index (χ0) is 28.2. The molecule has 11 heteroatoms. The number of phenolic OH excluding ortho intramolecular Hbond substituents is 1. The molecule has 198 valence electrons. The Labute approximate surface area is 225 Å². The molecule has 4 aromatic carbocycles. The second kappa shape index (κ2) is 11.0. The maximum Gasteiger partial charge on any atom is 0.258 e. The van der Waals surface area contributed by atoms with Gasteiger partial charge in [-0.25, -0.2) is 13.2 Å². The van der Waals surface area contributed by atoms with Gasteiger partial charge in [0, 0.05) is 29.0 Å². The van der Waals surface area contributed by atoms with Gasteiger partial charge in [-0.3, -0.25) is 4.79 Å². The summed E-state index contributed by atoms with van der Waals surface area (Å²) >= 11 is 0. The van der Waals surface area contributed by atoms with Crippen molar-refractivity contribution in [2.45, 2.75) is 6.54 Å². The van der Waals surface area contributed by atoms with E-state index in [1.807, 2.05) is 6.07 Å². The zero-order valence-corrected chi connectivity index (χ0v) is 20.5. The Hall–Kier alpha value is -5.63. The maximum atomic E-state index is 13.8. The third-order valence-electron chi connectivity index (χ3n) is 5.86. The van der Waals surface area contributed by atoms with E-state index in [-0.39, 0.29) is 35.2 Å². The predicted octanol–water partition coefficient (Wildman–Crippen LogP) is 6.26. The Bertz CT molecular complexity index is 1740. The number of hydrogen-bond donors (Lipinski definition) is 3. The molecule has 5 rings (SSSR count). The lowest BCUT2D eigenvalue weighted by molar-refractivity contribution is 0.102. The van der Waals surface area contributed by atoms with Crippen molar-refractivity contribution in [3.05, 3.63) is 113 Å². The van der Waals surface area contributed by atoms with E-state index in [0.717, 1.165) is 17.7 Å². The van der Waals surface area contributed by atoms with Crippen LogP contribution in [0.25, 0.3) is 22.8 Å². The molecule has 0 unspecified atom stereocenters. The van der Waals surface area contributed by atoms with E-state index in [4.69, 9.17) is 9.78 Å². The average molecular weight is 541 g/mol. The van der Waals surface area contributed by atoms with E-state index in [0.29, 0.717) is 22.5 Å². The number of halogens is 3. The van der Waals surface area contributed by atoms with Gasteiger partial charge in [0.15, 0.2) is 17.4 Å². The fourth-order valence-electron chi connectivity index (χ4n) is 3.84. The van der Waals surface area contributed by atoms with Crippen LogP contribution >= 0.6 is 0 Å². The number of amides is 1. The summed E-state index contributed by atoms with van der Waals surface area (Å²) in [6.07, 6.45) is 0. The number of nitrogens with one attached hydrogen (secondary N) is 2. The van der Waals surface area contributed by atoms with Crippen LogP contribution in [0, 0.1) is 28.8 Å². The molecule has 0 atom stereocenters. The van der Waals surface area contributed by atoms with Crippen LogP contribution in [0.2, 0.25) is 0 Å². The van der Waals surface area contributed by atoms with Crippen molar-refractivity contribution in [2.24, 2.45) is 0 Å². The third kappa shape index (κ3) is 5.61. The van der Waals surface area contributed by atoms with Crippen LogP contribution in [0.5, 0.6) is 5.75 Å².